The minimum atomic E-state index is -0.251. The summed E-state index contributed by atoms with van der Waals surface area (Å²) in [5.41, 5.74) is 9.86. The SMILES string of the molecule is C=C(/C=C/C1=C(Oc2ccccc2)C(=C/C=C2/N(CCCC)c3ccc4ccccc4c3C2(C)C)/CC1)C(C)(C)c1c(C)ccc2ccccc12. The van der Waals surface area contributed by atoms with E-state index in [1.165, 1.54) is 60.8 Å². The molecule has 5 aromatic carbocycles. The first-order valence-corrected chi connectivity index (χ1v) is 18.6. The van der Waals surface area contributed by atoms with Gasteiger partial charge >= 0.3 is 0 Å². The Bertz CT molecular complexity index is 2240. The fourth-order valence-corrected chi connectivity index (χ4v) is 8.31. The third kappa shape index (κ3) is 6.38. The van der Waals surface area contributed by atoms with Gasteiger partial charge in [0.05, 0.1) is 0 Å². The molecule has 0 saturated carbocycles. The molecule has 0 saturated heterocycles. The van der Waals surface area contributed by atoms with Crippen molar-refractivity contribution in [3.05, 3.63) is 179 Å². The lowest BCUT2D eigenvalue weighted by Gasteiger charge is -2.30. The Morgan fingerprint density at radius 2 is 1.49 bits per heavy atom. The van der Waals surface area contributed by atoms with Crippen molar-refractivity contribution in [2.45, 2.75) is 78.1 Å². The van der Waals surface area contributed by atoms with Gasteiger partial charge in [0.25, 0.3) is 0 Å². The number of fused-ring (bicyclic) bond motifs is 4. The molecule has 2 heteroatoms. The van der Waals surface area contributed by atoms with Gasteiger partial charge in [0, 0.05) is 28.8 Å². The van der Waals surface area contributed by atoms with Crippen LogP contribution in [0.2, 0.25) is 0 Å². The second-order valence-corrected chi connectivity index (χ2v) is 15.3. The van der Waals surface area contributed by atoms with Crippen LogP contribution in [0.1, 0.15) is 77.0 Å². The lowest BCUT2D eigenvalue weighted by atomic mass is 9.74. The highest BCUT2D eigenvalue weighted by Crippen LogP contribution is 2.51. The molecule has 0 fully saturated rings. The minimum absolute atomic E-state index is 0.143. The minimum Gasteiger partial charge on any atom is -0.457 e. The number of aryl methyl sites for hydroxylation is 1. The van der Waals surface area contributed by atoms with Crippen molar-refractivity contribution in [2.24, 2.45) is 0 Å². The maximum atomic E-state index is 6.75. The number of nitrogens with zero attached hydrogens (tertiary/aromatic N) is 1. The van der Waals surface area contributed by atoms with Gasteiger partial charge in [-0.1, -0.05) is 151 Å². The molecule has 0 bridgehead atoms. The standard InChI is InChI=1S/C49H51NO/c1-8-9-33-50-43-31-29-37-18-14-16-22-42(37)46(43)49(6,7)44(50)32-30-39-28-27-38(47(39)51-40-19-11-10-12-20-40)26-24-35(3)48(4,5)45-34(2)23-25-36-17-13-15-21-41(36)45/h10-26,29-32H,3,8-9,27-28,33H2,1-2,4-7H3/b26-24+,39-30+,44-32+. The smallest absolute Gasteiger partial charge is 0.133 e. The molecule has 0 atom stereocenters. The molecule has 0 radical (unpaired) electrons. The Labute approximate surface area is 305 Å². The highest BCUT2D eigenvalue weighted by atomic mass is 16.5. The Balaban J connectivity index is 1.27. The summed E-state index contributed by atoms with van der Waals surface area (Å²) in [5, 5.41) is 5.20. The van der Waals surface area contributed by atoms with Gasteiger partial charge in [0.2, 0.25) is 0 Å². The maximum absolute atomic E-state index is 6.75. The van der Waals surface area contributed by atoms with E-state index >= 15 is 0 Å². The normalized spacial score (nSPS) is 17.4. The van der Waals surface area contributed by atoms with E-state index in [0.29, 0.717) is 0 Å². The molecule has 0 amide bonds. The monoisotopic (exact) mass is 669 g/mol. The zero-order valence-electron chi connectivity index (χ0n) is 31.2. The summed E-state index contributed by atoms with van der Waals surface area (Å²) in [4.78, 5) is 2.57. The molecule has 51 heavy (non-hydrogen) atoms. The largest absolute Gasteiger partial charge is 0.457 e. The van der Waals surface area contributed by atoms with Crippen LogP contribution in [0.4, 0.5) is 5.69 Å². The van der Waals surface area contributed by atoms with E-state index in [9.17, 15) is 0 Å². The molecule has 2 nitrogen and oxygen atoms in total. The first-order valence-electron chi connectivity index (χ1n) is 18.6. The van der Waals surface area contributed by atoms with E-state index in [2.05, 4.69) is 150 Å². The van der Waals surface area contributed by atoms with Gasteiger partial charge in [-0.3, -0.25) is 0 Å². The van der Waals surface area contributed by atoms with Gasteiger partial charge in [-0.25, -0.2) is 0 Å². The summed E-state index contributed by atoms with van der Waals surface area (Å²) < 4.78 is 6.75. The second-order valence-electron chi connectivity index (χ2n) is 15.3. The molecule has 0 spiro atoms. The number of anilines is 1. The predicted octanol–water partition coefficient (Wildman–Crippen LogP) is 13.2. The number of hydrogen-bond acceptors (Lipinski definition) is 2. The molecule has 1 heterocycles. The van der Waals surface area contributed by atoms with Crippen molar-refractivity contribution < 1.29 is 4.74 Å². The summed E-state index contributed by atoms with van der Waals surface area (Å²) >= 11 is 0. The number of para-hydroxylation sites is 1. The van der Waals surface area contributed by atoms with Crippen LogP contribution in [0.3, 0.4) is 0 Å². The van der Waals surface area contributed by atoms with Crippen molar-refractivity contribution in [1.82, 2.24) is 0 Å². The van der Waals surface area contributed by atoms with E-state index < -0.39 is 0 Å². The number of benzene rings is 5. The van der Waals surface area contributed by atoms with E-state index in [1.807, 2.05) is 30.3 Å². The molecule has 1 aliphatic heterocycles. The number of ether oxygens (including phenoxy) is 1. The lowest BCUT2D eigenvalue weighted by molar-refractivity contribution is 0.436. The fraction of sp³-hybridized carbons (Fsp3) is 0.265. The zero-order chi connectivity index (χ0) is 35.8. The van der Waals surface area contributed by atoms with Gasteiger partial charge in [-0.05, 0) is 105 Å². The summed E-state index contributed by atoms with van der Waals surface area (Å²) in [6.07, 6.45) is 13.3. The predicted molar refractivity (Wildman–Crippen MR) is 219 cm³/mol. The average Bonchev–Trinajstić information content (AvgIpc) is 3.61. The van der Waals surface area contributed by atoms with Crippen LogP contribution >= 0.6 is 0 Å². The molecular weight excluding hydrogens is 619 g/mol. The molecule has 0 N–H and O–H groups in total. The van der Waals surface area contributed by atoms with E-state index in [1.54, 1.807) is 0 Å². The molecule has 0 aromatic heterocycles. The highest BCUT2D eigenvalue weighted by molar-refractivity contribution is 5.95. The van der Waals surface area contributed by atoms with Gasteiger partial charge in [-0.15, -0.1) is 0 Å². The van der Waals surface area contributed by atoms with Crippen LogP contribution in [-0.4, -0.2) is 6.54 Å². The van der Waals surface area contributed by atoms with E-state index in [4.69, 9.17) is 4.74 Å². The Hall–Kier alpha value is -5.08. The third-order valence-corrected chi connectivity index (χ3v) is 11.2. The maximum Gasteiger partial charge on any atom is 0.133 e. The van der Waals surface area contributed by atoms with Gasteiger partial charge in [0.1, 0.15) is 11.5 Å². The Kier molecular flexibility index (Phi) is 9.38. The van der Waals surface area contributed by atoms with Crippen LogP contribution in [0.15, 0.2) is 162 Å². The average molecular weight is 670 g/mol. The summed E-state index contributed by atoms with van der Waals surface area (Å²) in [6.45, 7) is 19.5. The van der Waals surface area contributed by atoms with Crippen molar-refractivity contribution in [2.75, 3.05) is 11.4 Å². The van der Waals surface area contributed by atoms with Crippen molar-refractivity contribution in [3.8, 4) is 5.75 Å². The number of unbranched alkanes of at least 4 members (excludes halogenated alkanes) is 1. The fourth-order valence-electron chi connectivity index (χ4n) is 8.31. The quantitative estimate of drug-likeness (QED) is 0.137. The van der Waals surface area contributed by atoms with E-state index in [0.717, 1.165) is 49.3 Å². The molecule has 7 rings (SSSR count). The van der Waals surface area contributed by atoms with Gasteiger partial charge in [0.15, 0.2) is 0 Å². The number of allylic oxidation sites excluding steroid dienone is 8. The summed E-state index contributed by atoms with van der Waals surface area (Å²) in [6, 6.07) is 36.8. The van der Waals surface area contributed by atoms with Crippen LogP contribution in [-0.2, 0) is 10.8 Å². The van der Waals surface area contributed by atoms with Crippen LogP contribution < -0.4 is 9.64 Å². The van der Waals surface area contributed by atoms with Crippen molar-refractivity contribution >= 4 is 27.2 Å². The van der Waals surface area contributed by atoms with Crippen LogP contribution in [0.25, 0.3) is 21.5 Å². The van der Waals surface area contributed by atoms with Crippen LogP contribution in [0, 0.1) is 6.92 Å². The van der Waals surface area contributed by atoms with Crippen LogP contribution in [0.5, 0.6) is 5.75 Å². The first-order chi connectivity index (χ1) is 24.6. The van der Waals surface area contributed by atoms with Crippen molar-refractivity contribution in [1.29, 1.82) is 0 Å². The molecule has 0 unspecified atom stereocenters. The molecule has 5 aromatic rings. The van der Waals surface area contributed by atoms with Gasteiger partial charge < -0.3 is 9.64 Å². The topological polar surface area (TPSA) is 12.5 Å². The molecule has 1 aliphatic carbocycles. The van der Waals surface area contributed by atoms with E-state index in [-0.39, 0.29) is 10.8 Å². The van der Waals surface area contributed by atoms with Gasteiger partial charge in [-0.2, -0.15) is 0 Å². The molecule has 258 valence electrons. The Morgan fingerprint density at radius 1 is 0.824 bits per heavy atom. The lowest BCUT2D eigenvalue weighted by Crippen LogP contribution is -2.27. The number of hydrogen-bond donors (Lipinski definition) is 0. The number of rotatable bonds is 10. The zero-order valence-corrected chi connectivity index (χ0v) is 31.2. The molecule has 2 aliphatic rings. The summed E-state index contributed by atoms with van der Waals surface area (Å²) in [5.74, 6) is 1.81. The first kappa shape index (κ1) is 34.4. The second kappa shape index (κ2) is 13.9. The van der Waals surface area contributed by atoms with Crippen molar-refractivity contribution in [3.63, 3.8) is 0 Å². The molecular formula is C49H51NO. The Morgan fingerprint density at radius 3 is 2.24 bits per heavy atom. The summed E-state index contributed by atoms with van der Waals surface area (Å²) in [7, 11) is 0. The third-order valence-electron chi connectivity index (χ3n) is 11.2. The highest BCUT2D eigenvalue weighted by Gasteiger charge is 2.41.